The van der Waals surface area contributed by atoms with E-state index in [1.165, 1.54) is 6.33 Å². The van der Waals surface area contributed by atoms with Crippen LogP contribution in [0, 0.1) is 11.3 Å². The number of carbonyl (C=O) groups is 1. The highest BCUT2D eigenvalue weighted by Gasteiger charge is 2.33. The first kappa shape index (κ1) is 29.8. The second-order valence-corrected chi connectivity index (χ2v) is 11.4. The number of fused-ring (bicyclic) bond motifs is 1. The standard InChI is InChI=1S/C34H39N7O2/c1-5-40(6-2)34(3,4)19-25(20-35)33(42)41-18-10-11-26(41)21-39-22-29(30-31(36)37-23-38-32(30)39)24-14-16-28(17-15-24)43-27-12-8-7-9-13-27/h7-9,12-17,19,22-23,26H,5-6,10-11,18,21H2,1-4H3,(H2,36,37,38)/t26-/m0/s1. The Kier molecular flexibility index (Phi) is 8.78. The van der Waals surface area contributed by atoms with Crippen LogP contribution in [-0.2, 0) is 11.3 Å². The molecule has 0 radical (unpaired) electrons. The first-order valence-electron chi connectivity index (χ1n) is 14.9. The van der Waals surface area contributed by atoms with Crippen LogP contribution in [0.4, 0.5) is 5.82 Å². The maximum absolute atomic E-state index is 13.7. The highest BCUT2D eigenvalue weighted by atomic mass is 16.5. The van der Waals surface area contributed by atoms with Crippen molar-refractivity contribution in [2.45, 2.75) is 58.7 Å². The normalized spacial score (nSPS) is 15.7. The molecular formula is C34H39N7O2. The van der Waals surface area contributed by atoms with E-state index in [0.717, 1.165) is 53.9 Å². The zero-order valence-corrected chi connectivity index (χ0v) is 25.3. The Bertz CT molecular complexity index is 1650. The number of anilines is 1. The highest BCUT2D eigenvalue weighted by molar-refractivity contribution is 6.01. The van der Waals surface area contributed by atoms with Gasteiger partial charge in [0.05, 0.1) is 11.4 Å². The first-order chi connectivity index (χ1) is 20.7. The number of likely N-dealkylation sites (N-methyl/N-ethyl adjacent to an activating group) is 1. The molecule has 1 aliphatic rings. The van der Waals surface area contributed by atoms with Gasteiger partial charge in [-0.1, -0.05) is 44.2 Å². The predicted octanol–water partition coefficient (Wildman–Crippen LogP) is 6.03. The van der Waals surface area contributed by atoms with Gasteiger partial charge in [-0.2, -0.15) is 5.26 Å². The molecule has 9 heteroatoms. The molecule has 5 rings (SSSR count). The van der Waals surface area contributed by atoms with Crippen molar-refractivity contribution >= 4 is 22.8 Å². The summed E-state index contributed by atoms with van der Waals surface area (Å²) in [5.41, 5.74) is 8.74. The Morgan fingerprint density at radius 2 is 1.81 bits per heavy atom. The Balaban J connectivity index is 1.42. The summed E-state index contributed by atoms with van der Waals surface area (Å²) in [6.07, 6.45) is 7.04. The molecule has 2 aromatic heterocycles. The van der Waals surface area contributed by atoms with Crippen LogP contribution in [0.2, 0.25) is 0 Å². The van der Waals surface area contributed by atoms with E-state index in [0.29, 0.717) is 24.6 Å². The summed E-state index contributed by atoms with van der Waals surface area (Å²) >= 11 is 0. The molecule has 9 nitrogen and oxygen atoms in total. The lowest BCUT2D eigenvalue weighted by atomic mass is 9.98. The monoisotopic (exact) mass is 577 g/mol. The van der Waals surface area contributed by atoms with E-state index in [4.69, 9.17) is 10.5 Å². The SMILES string of the molecule is CCN(CC)C(C)(C)C=C(C#N)C(=O)N1CCC[C@H]1Cn1cc(-c2ccc(Oc3ccccc3)cc2)c2c(N)ncnc21. The zero-order chi connectivity index (χ0) is 30.6. The van der Waals surface area contributed by atoms with Gasteiger partial charge in [0.2, 0.25) is 0 Å². The molecule has 1 atom stereocenters. The number of nitrogens with two attached hydrogens (primary N) is 1. The number of likely N-dealkylation sites (tertiary alicyclic amines) is 1. The molecule has 0 unspecified atom stereocenters. The van der Waals surface area contributed by atoms with Crippen LogP contribution < -0.4 is 10.5 Å². The fourth-order valence-corrected chi connectivity index (χ4v) is 6.13. The van der Waals surface area contributed by atoms with Crippen molar-refractivity contribution in [2.24, 2.45) is 0 Å². The van der Waals surface area contributed by atoms with Crippen LogP contribution in [0.5, 0.6) is 11.5 Å². The van der Waals surface area contributed by atoms with Gasteiger partial charge in [-0.05, 0) is 75.7 Å². The average Bonchev–Trinajstić information content (AvgIpc) is 3.63. The molecule has 1 aliphatic heterocycles. The lowest BCUT2D eigenvalue weighted by molar-refractivity contribution is -0.127. The summed E-state index contributed by atoms with van der Waals surface area (Å²) < 4.78 is 8.03. The highest BCUT2D eigenvalue weighted by Crippen LogP contribution is 2.35. The molecule has 0 bridgehead atoms. The molecule has 4 aromatic rings. The Morgan fingerprint density at radius 3 is 2.49 bits per heavy atom. The van der Waals surface area contributed by atoms with Crippen LogP contribution in [0.3, 0.4) is 0 Å². The molecule has 3 heterocycles. The Labute approximate surface area is 253 Å². The van der Waals surface area contributed by atoms with Gasteiger partial charge in [0, 0.05) is 30.4 Å². The van der Waals surface area contributed by atoms with E-state index >= 15 is 0 Å². The summed E-state index contributed by atoms with van der Waals surface area (Å²) in [6, 6.07) is 19.6. The van der Waals surface area contributed by atoms with Gasteiger partial charge in [-0.15, -0.1) is 0 Å². The van der Waals surface area contributed by atoms with Crippen LogP contribution in [0.25, 0.3) is 22.2 Å². The summed E-state index contributed by atoms with van der Waals surface area (Å²) in [4.78, 5) is 26.6. The summed E-state index contributed by atoms with van der Waals surface area (Å²) in [5.74, 6) is 1.68. The molecule has 43 heavy (non-hydrogen) atoms. The largest absolute Gasteiger partial charge is 0.457 e. The van der Waals surface area contributed by atoms with Crippen LogP contribution in [-0.4, -0.2) is 61.5 Å². The number of hydrogen-bond donors (Lipinski definition) is 1. The van der Waals surface area contributed by atoms with Gasteiger partial charge >= 0.3 is 0 Å². The molecule has 1 fully saturated rings. The molecule has 1 amide bonds. The summed E-state index contributed by atoms with van der Waals surface area (Å²) in [6.45, 7) is 11.1. The first-order valence-corrected chi connectivity index (χ1v) is 14.9. The Morgan fingerprint density at radius 1 is 1.12 bits per heavy atom. The topological polar surface area (TPSA) is 113 Å². The van der Waals surface area contributed by atoms with Crippen molar-refractivity contribution in [2.75, 3.05) is 25.4 Å². The van der Waals surface area contributed by atoms with Gasteiger partial charge in [0.15, 0.2) is 0 Å². The van der Waals surface area contributed by atoms with E-state index in [9.17, 15) is 10.1 Å². The summed E-state index contributed by atoms with van der Waals surface area (Å²) in [5, 5.41) is 10.8. The molecule has 1 saturated heterocycles. The fourth-order valence-electron chi connectivity index (χ4n) is 6.13. The number of hydrogen-bond acceptors (Lipinski definition) is 7. The van der Waals surface area contributed by atoms with E-state index < -0.39 is 5.54 Å². The second kappa shape index (κ2) is 12.7. The van der Waals surface area contributed by atoms with Crippen molar-refractivity contribution in [3.8, 4) is 28.7 Å². The summed E-state index contributed by atoms with van der Waals surface area (Å²) in [7, 11) is 0. The minimum absolute atomic E-state index is 0.0814. The number of rotatable bonds is 10. The third-order valence-electron chi connectivity index (χ3n) is 8.30. The number of nitrogens with zero attached hydrogens (tertiary/aromatic N) is 6. The van der Waals surface area contributed by atoms with E-state index in [-0.39, 0.29) is 17.5 Å². The number of benzene rings is 2. The molecular weight excluding hydrogens is 538 g/mol. The van der Waals surface area contributed by atoms with Crippen LogP contribution in [0.1, 0.15) is 40.5 Å². The van der Waals surface area contributed by atoms with Gasteiger partial charge in [0.1, 0.15) is 40.9 Å². The van der Waals surface area contributed by atoms with Crippen LogP contribution >= 0.6 is 0 Å². The van der Waals surface area contributed by atoms with E-state index in [2.05, 4.69) is 39.4 Å². The smallest absolute Gasteiger partial charge is 0.264 e. The lowest BCUT2D eigenvalue weighted by Crippen LogP contribution is -2.44. The Hall–Kier alpha value is -4.68. The van der Waals surface area contributed by atoms with Gasteiger partial charge < -0.3 is 19.9 Å². The van der Waals surface area contributed by atoms with Crippen LogP contribution in [0.15, 0.2) is 78.8 Å². The average molecular weight is 578 g/mol. The fraction of sp³-hybridized carbons (Fsp3) is 0.353. The lowest BCUT2D eigenvalue weighted by Gasteiger charge is -2.35. The molecule has 2 N–H and O–H groups in total. The second-order valence-electron chi connectivity index (χ2n) is 11.4. The predicted molar refractivity (Wildman–Crippen MR) is 169 cm³/mol. The van der Waals surface area contributed by atoms with Gasteiger partial charge in [0.25, 0.3) is 5.91 Å². The van der Waals surface area contributed by atoms with Crippen molar-refractivity contribution in [3.63, 3.8) is 0 Å². The molecule has 0 saturated carbocycles. The molecule has 0 aliphatic carbocycles. The number of carbonyl (C=O) groups excluding carboxylic acids is 1. The minimum Gasteiger partial charge on any atom is -0.457 e. The van der Waals surface area contributed by atoms with Gasteiger partial charge in [-0.25, -0.2) is 9.97 Å². The molecule has 222 valence electrons. The zero-order valence-electron chi connectivity index (χ0n) is 25.3. The molecule has 2 aromatic carbocycles. The van der Waals surface area contributed by atoms with Crippen molar-refractivity contribution in [1.29, 1.82) is 5.26 Å². The molecule has 0 spiro atoms. The third kappa shape index (κ3) is 6.25. The number of aromatic nitrogens is 3. The number of para-hydroxylation sites is 1. The van der Waals surface area contributed by atoms with Crippen molar-refractivity contribution in [3.05, 3.63) is 78.8 Å². The quantitative estimate of drug-likeness (QED) is 0.181. The number of nitriles is 1. The maximum Gasteiger partial charge on any atom is 0.264 e. The third-order valence-corrected chi connectivity index (χ3v) is 8.30. The number of ether oxygens (including phenoxy) is 1. The van der Waals surface area contributed by atoms with E-state index in [1.807, 2.05) is 85.6 Å². The number of amides is 1. The van der Waals surface area contributed by atoms with E-state index in [1.54, 1.807) is 0 Å². The van der Waals surface area contributed by atoms with Crippen molar-refractivity contribution < 1.29 is 9.53 Å². The van der Waals surface area contributed by atoms with Crippen molar-refractivity contribution in [1.82, 2.24) is 24.3 Å². The minimum atomic E-state index is -0.416. The van der Waals surface area contributed by atoms with Gasteiger partial charge in [-0.3, -0.25) is 9.69 Å². The number of nitrogen functional groups attached to an aromatic ring is 1. The maximum atomic E-state index is 13.7.